The molecule has 0 amide bonds. The van der Waals surface area contributed by atoms with Crippen LogP contribution in [0.25, 0.3) is 0 Å². The van der Waals surface area contributed by atoms with E-state index in [9.17, 15) is 0 Å². The van der Waals surface area contributed by atoms with E-state index >= 15 is 0 Å². The van der Waals surface area contributed by atoms with Crippen LogP contribution in [0.4, 0.5) is 0 Å². The summed E-state index contributed by atoms with van der Waals surface area (Å²) in [7, 11) is 0. The Balaban J connectivity index is 1.67. The second-order valence-electron chi connectivity index (χ2n) is 6.77. The van der Waals surface area contributed by atoms with Gasteiger partial charge in [0.1, 0.15) is 0 Å². The molecule has 2 fully saturated rings. The Morgan fingerprint density at radius 2 is 1.94 bits per heavy atom. The summed E-state index contributed by atoms with van der Waals surface area (Å²) in [5.74, 6) is 1.89. The zero-order chi connectivity index (χ0) is 12.2. The molecule has 3 atom stereocenters. The Hall–Kier alpha value is -1.04. The normalized spacial score (nSPS) is 37.4. The Morgan fingerprint density at radius 1 is 1.11 bits per heavy atom. The van der Waals surface area contributed by atoms with Crippen molar-refractivity contribution in [1.29, 1.82) is 0 Å². The first-order chi connectivity index (χ1) is 8.79. The minimum atomic E-state index is 0.680. The molecule has 0 bridgehead atoms. The molecule has 0 nitrogen and oxygen atoms in total. The first kappa shape index (κ1) is 10.8. The highest BCUT2D eigenvalue weighted by atomic mass is 14.7. The van der Waals surface area contributed by atoms with E-state index in [0.717, 1.165) is 11.8 Å². The van der Waals surface area contributed by atoms with Crippen LogP contribution in [0.3, 0.4) is 0 Å². The maximum atomic E-state index is 2.55. The van der Waals surface area contributed by atoms with Crippen molar-refractivity contribution in [2.24, 2.45) is 17.3 Å². The van der Waals surface area contributed by atoms with Gasteiger partial charge in [0, 0.05) is 0 Å². The Labute approximate surface area is 110 Å². The Bertz CT molecular complexity index is 496. The topological polar surface area (TPSA) is 0 Å². The predicted octanol–water partition coefficient (Wildman–Crippen LogP) is 4.76. The van der Waals surface area contributed by atoms with Gasteiger partial charge in [0.2, 0.25) is 0 Å². The molecule has 1 unspecified atom stereocenters. The summed E-state index contributed by atoms with van der Waals surface area (Å²) >= 11 is 0. The molecule has 0 saturated heterocycles. The van der Waals surface area contributed by atoms with E-state index in [4.69, 9.17) is 0 Å². The summed E-state index contributed by atoms with van der Waals surface area (Å²) in [6, 6.07) is 11.1. The van der Waals surface area contributed by atoms with E-state index in [2.05, 4.69) is 37.3 Å². The average molecular weight is 238 g/mol. The quantitative estimate of drug-likeness (QED) is 0.652. The maximum absolute atomic E-state index is 2.55. The SMILES string of the molecule is C[C@]12CC1C(Cc1ccccc1)=C1CCCC[C@@H]12. The molecule has 0 aliphatic heterocycles. The van der Waals surface area contributed by atoms with Gasteiger partial charge in [-0.25, -0.2) is 0 Å². The Kier molecular flexibility index (Phi) is 2.24. The highest BCUT2D eigenvalue weighted by Gasteiger charge is 2.62. The number of fused-ring (bicyclic) bond motifs is 3. The second-order valence-corrected chi connectivity index (χ2v) is 6.77. The van der Waals surface area contributed by atoms with E-state index in [1.54, 1.807) is 0 Å². The monoisotopic (exact) mass is 238 g/mol. The van der Waals surface area contributed by atoms with Gasteiger partial charge in [-0.1, -0.05) is 54.8 Å². The lowest BCUT2D eigenvalue weighted by atomic mass is 9.77. The van der Waals surface area contributed by atoms with Gasteiger partial charge < -0.3 is 0 Å². The van der Waals surface area contributed by atoms with E-state index in [1.807, 2.05) is 11.1 Å². The van der Waals surface area contributed by atoms with Crippen molar-refractivity contribution in [3.8, 4) is 0 Å². The summed E-state index contributed by atoms with van der Waals surface area (Å²) in [4.78, 5) is 0. The minimum Gasteiger partial charge on any atom is -0.0667 e. The fourth-order valence-electron chi connectivity index (χ4n) is 4.69. The molecule has 18 heavy (non-hydrogen) atoms. The number of hydrogen-bond acceptors (Lipinski definition) is 0. The van der Waals surface area contributed by atoms with Gasteiger partial charge in [-0.15, -0.1) is 0 Å². The van der Waals surface area contributed by atoms with Gasteiger partial charge in [0.05, 0.1) is 0 Å². The van der Waals surface area contributed by atoms with Gasteiger partial charge in [-0.2, -0.15) is 0 Å². The van der Waals surface area contributed by atoms with Crippen LogP contribution in [0, 0.1) is 17.3 Å². The third-order valence-electron chi connectivity index (χ3n) is 5.76. The highest BCUT2D eigenvalue weighted by molar-refractivity contribution is 5.42. The van der Waals surface area contributed by atoms with Crippen LogP contribution in [0.15, 0.2) is 41.5 Å². The third-order valence-corrected chi connectivity index (χ3v) is 5.76. The summed E-state index contributed by atoms with van der Waals surface area (Å²) in [5.41, 5.74) is 5.91. The predicted molar refractivity (Wildman–Crippen MR) is 75.3 cm³/mol. The van der Waals surface area contributed by atoms with Gasteiger partial charge in [-0.05, 0) is 54.9 Å². The molecule has 0 heteroatoms. The molecular weight excluding hydrogens is 216 g/mol. The number of rotatable bonds is 2. The summed E-state index contributed by atoms with van der Waals surface area (Å²) in [5, 5.41) is 0. The van der Waals surface area contributed by atoms with Crippen molar-refractivity contribution < 1.29 is 0 Å². The zero-order valence-electron chi connectivity index (χ0n) is 11.3. The van der Waals surface area contributed by atoms with Crippen molar-refractivity contribution in [2.45, 2.75) is 45.4 Å². The summed E-state index contributed by atoms with van der Waals surface area (Å²) < 4.78 is 0. The molecule has 0 radical (unpaired) electrons. The lowest BCUT2D eigenvalue weighted by molar-refractivity contribution is 0.324. The summed E-state index contributed by atoms with van der Waals surface area (Å²) in [6.45, 7) is 2.55. The van der Waals surface area contributed by atoms with Gasteiger partial charge in [-0.3, -0.25) is 0 Å². The maximum Gasteiger partial charge on any atom is -0.00613 e. The van der Waals surface area contributed by atoms with Crippen LogP contribution < -0.4 is 0 Å². The second kappa shape index (κ2) is 3.73. The van der Waals surface area contributed by atoms with E-state index < -0.39 is 0 Å². The molecule has 94 valence electrons. The first-order valence-electron chi connectivity index (χ1n) is 7.55. The minimum absolute atomic E-state index is 0.680. The standard InChI is InChI=1S/C18H22/c1-18-12-17(18)15(11-13-7-3-2-4-8-13)14-9-5-6-10-16(14)18/h2-4,7-8,16-17H,5-6,9-12H2,1H3/t16-,17?,18+/m0/s1. The third kappa shape index (κ3) is 1.44. The van der Waals surface area contributed by atoms with Crippen molar-refractivity contribution in [2.75, 3.05) is 0 Å². The highest BCUT2D eigenvalue weighted by Crippen LogP contribution is 2.71. The zero-order valence-corrected chi connectivity index (χ0v) is 11.3. The first-order valence-corrected chi connectivity index (χ1v) is 7.55. The summed E-state index contributed by atoms with van der Waals surface area (Å²) in [6.07, 6.45) is 8.48. The van der Waals surface area contributed by atoms with Crippen LogP contribution in [0.2, 0.25) is 0 Å². The van der Waals surface area contributed by atoms with Crippen LogP contribution >= 0.6 is 0 Å². The van der Waals surface area contributed by atoms with E-state index in [-0.39, 0.29) is 0 Å². The van der Waals surface area contributed by atoms with Crippen molar-refractivity contribution >= 4 is 0 Å². The fourth-order valence-corrected chi connectivity index (χ4v) is 4.69. The van der Waals surface area contributed by atoms with Gasteiger partial charge in [0.15, 0.2) is 0 Å². The fraction of sp³-hybridized carbons (Fsp3) is 0.556. The largest absolute Gasteiger partial charge is 0.0667 e. The van der Waals surface area contributed by atoms with Crippen molar-refractivity contribution in [3.63, 3.8) is 0 Å². The molecule has 0 aromatic heterocycles. The molecule has 1 aromatic rings. The number of hydrogen-bond donors (Lipinski definition) is 0. The van der Waals surface area contributed by atoms with Crippen LogP contribution in [0.1, 0.15) is 44.6 Å². The molecule has 3 aliphatic carbocycles. The molecular formula is C18H22. The lowest BCUT2D eigenvalue weighted by Gasteiger charge is -2.28. The molecule has 1 aromatic carbocycles. The van der Waals surface area contributed by atoms with Crippen LogP contribution in [-0.2, 0) is 6.42 Å². The molecule has 0 N–H and O–H groups in total. The van der Waals surface area contributed by atoms with Gasteiger partial charge >= 0.3 is 0 Å². The van der Waals surface area contributed by atoms with Crippen LogP contribution in [0.5, 0.6) is 0 Å². The Morgan fingerprint density at radius 3 is 2.78 bits per heavy atom. The smallest absolute Gasteiger partial charge is 0.00613 e. The van der Waals surface area contributed by atoms with Crippen molar-refractivity contribution in [1.82, 2.24) is 0 Å². The number of benzene rings is 1. The molecule has 0 spiro atoms. The average Bonchev–Trinajstić information content (AvgIpc) is 3.05. The van der Waals surface area contributed by atoms with Crippen LogP contribution in [-0.4, -0.2) is 0 Å². The lowest BCUT2D eigenvalue weighted by Crippen LogP contribution is -2.16. The molecule has 2 saturated carbocycles. The van der Waals surface area contributed by atoms with Crippen molar-refractivity contribution in [3.05, 3.63) is 47.0 Å². The van der Waals surface area contributed by atoms with E-state index in [0.29, 0.717) is 5.41 Å². The molecule has 0 heterocycles. The molecule has 4 rings (SSSR count). The van der Waals surface area contributed by atoms with E-state index in [1.165, 1.54) is 44.1 Å². The number of allylic oxidation sites excluding steroid dienone is 2. The van der Waals surface area contributed by atoms with Gasteiger partial charge in [0.25, 0.3) is 0 Å². The molecule has 3 aliphatic rings.